The van der Waals surface area contributed by atoms with Crippen molar-refractivity contribution in [1.29, 1.82) is 5.26 Å². The molecule has 0 saturated carbocycles. The normalized spacial score (nSPS) is 8.73. The summed E-state index contributed by atoms with van der Waals surface area (Å²) in [5, 5.41) is 10.3. The number of nitrogens with two attached hydrogens (primary N) is 1. The molecule has 0 bridgehead atoms. The smallest absolute Gasteiger partial charge is 0.138 e. The first-order valence-electron chi connectivity index (χ1n) is 2.99. The van der Waals surface area contributed by atoms with Gasteiger partial charge in [-0.3, -0.25) is 5.84 Å². The van der Waals surface area contributed by atoms with E-state index in [9.17, 15) is 0 Å². The van der Waals surface area contributed by atoms with Gasteiger partial charge in [-0.05, 0) is 36.0 Å². The van der Waals surface area contributed by atoms with Crippen LogP contribution in [0.5, 0.6) is 0 Å². The number of nitrogens with one attached hydrogen (secondary N) is 1. The van der Waals surface area contributed by atoms with Crippen molar-refractivity contribution in [3.63, 3.8) is 0 Å². The zero-order valence-electron chi connectivity index (χ0n) is 5.74. The third-order valence-electron chi connectivity index (χ3n) is 1.18. The fourth-order valence-corrected chi connectivity index (χ4v) is 1.05. The van der Waals surface area contributed by atoms with Crippen LogP contribution >= 0.6 is 11.8 Å². The number of anilines is 1. The van der Waals surface area contributed by atoms with Gasteiger partial charge in [-0.15, -0.1) is 0 Å². The summed E-state index contributed by atoms with van der Waals surface area (Å²) < 4.78 is 0. The van der Waals surface area contributed by atoms with Crippen LogP contribution in [0.3, 0.4) is 0 Å². The van der Waals surface area contributed by atoms with E-state index in [1.807, 2.05) is 29.7 Å². The van der Waals surface area contributed by atoms with Crippen LogP contribution in [0.25, 0.3) is 0 Å². The van der Waals surface area contributed by atoms with Gasteiger partial charge < -0.3 is 5.43 Å². The standard InChI is InChI=1S/C7H7N3S/c8-5-11-7-3-1-6(10-9)2-4-7/h1-4,10H,9H2. The van der Waals surface area contributed by atoms with Crippen LogP contribution in [0.1, 0.15) is 0 Å². The molecule has 1 rings (SSSR count). The maximum atomic E-state index is 8.32. The molecule has 11 heavy (non-hydrogen) atoms. The van der Waals surface area contributed by atoms with Crippen molar-refractivity contribution in [2.75, 3.05) is 5.43 Å². The Bertz CT molecular complexity index is 262. The number of nitrogen functional groups attached to an aromatic ring is 1. The molecule has 0 fully saturated rings. The van der Waals surface area contributed by atoms with Gasteiger partial charge in [0.05, 0.1) is 0 Å². The van der Waals surface area contributed by atoms with E-state index in [0.29, 0.717) is 0 Å². The average Bonchev–Trinajstić information content (AvgIpc) is 2.07. The summed E-state index contributed by atoms with van der Waals surface area (Å²) in [6, 6.07) is 7.31. The topological polar surface area (TPSA) is 61.8 Å². The van der Waals surface area contributed by atoms with Gasteiger partial charge in [0.1, 0.15) is 5.40 Å². The number of rotatable bonds is 2. The first kappa shape index (κ1) is 7.92. The van der Waals surface area contributed by atoms with E-state index in [1.165, 1.54) is 0 Å². The Morgan fingerprint density at radius 3 is 2.45 bits per heavy atom. The first-order valence-corrected chi connectivity index (χ1v) is 3.81. The molecule has 0 aromatic heterocycles. The predicted octanol–water partition coefficient (Wildman–Crippen LogP) is 1.55. The monoisotopic (exact) mass is 165 g/mol. The van der Waals surface area contributed by atoms with Gasteiger partial charge in [-0.1, -0.05) is 0 Å². The molecule has 56 valence electrons. The number of hydrazine groups is 1. The van der Waals surface area contributed by atoms with Gasteiger partial charge in [0.2, 0.25) is 0 Å². The second kappa shape index (κ2) is 3.86. The molecule has 0 amide bonds. The van der Waals surface area contributed by atoms with Crippen molar-refractivity contribution in [2.45, 2.75) is 4.90 Å². The summed E-state index contributed by atoms with van der Waals surface area (Å²) in [5.74, 6) is 5.15. The minimum Gasteiger partial charge on any atom is -0.324 e. The maximum absolute atomic E-state index is 8.32. The highest BCUT2D eigenvalue weighted by molar-refractivity contribution is 8.03. The van der Waals surface area contributed by atoms with Gasteiger partial charge in [-0.2, -0.15) is 5.26 Å². The number of hydrogen-bond donors (Lipinski definition) is 2. The number of nitriles is 1. The Hall–Kier alpha value is -1.18. The van der Waals surface area contributed by atoms with Gasteiger partial charge >= 0.3 is 0 Å². The minimum absolute atomic E-state index is 0.840. The molecule has 3 N–H and O–H groups in total. The van der Waals surface area contributed by atoms with Crippen molar-refractivity contribution < 1.29 is 0 Å². The summed E-state index contributed by atoms with van der Waals surface area (Å²) in [6.07, 6.45) is 0. The number of thioether (sulfide) groups is 1. The summed E-state index contributed by atoms with van der Waals surface area (Å²) in [6.45, 7) is 0. The average molecular weight is 165 g/mol. The molecule has 0 aliphatic heterocycles. The third kappa shape index (κ3) is 2.15. The van der Waals surface area contributed by atoms with E-state index >= 15 is 0 Å². The Morgan fingerprint density at radius 2 is 2.00 bits per heavy atom. The van der Waals surface area contributed by atoms with E-state index < -0.39 is 0 Å². The lowest BCUT2D eigenvalue weighted by Crippen LogP contribution is -2.05. The quantitative estimate of drug-likeness (QED) is 0.302. The predicted molar refractivity (Wildman–Crippen MR) is 45.7 cm³/mol. The SMILES string of the molecule is N#CSc1ccc(NN)cc1. The summed E-state index contributed by atoms with van der Waals surface area (Å²) in [7, 11) is 0. The molecular weight excluding hydrogens is 158 g/mol. The van der Waals surface area contributed by atoms with Crippen molar-refractivity contribution in [3.05, 3.63) is 24.3 Å². The molecule has 4 heteroatoms. The highest BCUT2D eigenvalue weighted by Crippen LogP contribution is 2.18. The molecule has 1 aromatic carbocycles. The lowest BCUT2D eigenvalue weighted by molar-refractivity contribution is 1.33. The fraction of sp³-hybridized carbons (Fsp3) is 0. The van der Waals surface area contributed by atoms with Crippen molar-refractivity contribution in [1.82, 2.24) is 0 Å². The summed E-state index contributed by atoms with van der Waals surface area (Å²) in [4.78, 5) is 0.923. The van der Waals surface area contributed by atoms with Gasteiger partial charge in [0.15, 0.2) is 0 Å². The van der Waals surface area contributed by atoms with Crippen LogP contribution in [-0.2, 0) is 0 Å². The molecule has 0 atom stereocenters. The van der Waals surface area contributed by atoms with E-state index in [2.05, 4.69) is 5.43 Å². The van der Waals surface area contributed by atoms with Crippen LogP contribution in [-0.4, -0.2) is 0 Å². The Kier molecular flexibility index (Phi) is 2.78. The molecule has 0 aliphatic carbocycles. The molecular formula is C7H7N3S. The van der Waals surface area contributed by atoms with Gasteiger partial charge in [-0.25, -0.2) is 0 Å². The van der Waals surface area contributed by atoms with Crippen LogP contribution in [0.2, 0.25) is 0 Å². The van der Waals surface area contributed by atoms with E-state index in [1.54, 1.807) is 0 Å². The number of hydrogen-bond acceptors (Lipinski definition) is 4. The third-order valence-corrected chi connectivity index (χ3v) is 1.78. The van der Waals surface area contributed by atoms with Crippen LogP contribution < -0.4 is 11.3 Å². The van der Waals surface area contributed by atoms with E-state index in [0.717, 1.165) is 22.3 Å². The second-order valence-electron chi connectivity index (χ2n) is 1.86. The van der Waals surface area contributed by atoms with E-state index in [-0.39, 0.29) is 0 Å². The molecule has 0 aliphatic rings. The molecule has 0 spiro atoms. The van der Waals surface area contributed by atoms with Crippen LogP contribution in [0.15, 0.2) is 29.2 Å². The lowest BCUT2D eigenvalue weighted by Gasteiger charge is -1.98. The molecule has 0 heterocycles. The van der Waals surface area contributed by atoms with Crippen LogP contribution in [0, 0.1) is 10.7 Å². The van der Waals surface area contributed by atoms with Crippen molar-refractivity contribution in [3.8, 4) is 5.40 Å². The summed E-state index contributed by atoms with van der Waals surface area (Å²) in [5.41, 5.74) is 3.34. The Morgan fingerprint density at radius 1 is 1.36 bits per heavy atom. The first-order chi connectivity index (χ1) is 5.36. The zero-order valence-corrected chi connectivity index (χ0v) is 6.56. The number of nitrogens with zero attached hydrogens (tertiary/aromatic N) is 1. The van der Waals surface area contributed by atoms with Crippen LogP contribution in [0.4, 0.5) is 5.69 Å². The van der Waals surface area contributed by atoms with Crippen molar-refractivity contribution in [2.24, 2.45) is 5.84 Å². The Balaban J connectivity index is 2.76. The van der Waals surface area contributed by atoms with Gasteiger partial charge in [0.25, 0.3) is 0 Å². The van der Waals surface area contributed by atoms with Crippen molar-refractivity contribution >= 4 is 17.4 Å². The summed E-state index contributed by atoms with van der Waals surface area (Å²) >= 11 is 1.13. The fourth-order valence-electron chi connectivity index (χ4n) is 0.672. The Labute approximate surface area is 69.2 Å². The molecule has 1 aromatic rings. The highest BCUT2D eigenvalue weighted by Gasteiger charge is 1.91. The second-order valence-corrected chi connectivity index (χ2v) is 2.72. The lowest BCUT2D eigenvalue weighted by atomic mass is 10.3. The van der Waals surface area contributed by atoms with E-state index in [4.69, 9.17) is 11.1 Å². The molecule has 0 unspecified atom stereocenters. The molecule has 0 radical (unpaired) electrons. The number of thiocyanates is 1. The van der Waals surface area contributed by atoms with Gasteiger partial charge in [0, 0.05) is 10.6 Å². The molecule has 0 saturated heterocycles. The largest absolute Gasteiger partial charge is 0.324 e. The number of benzene rings is 1. The maximum Gasteiger partial charge on any atom is 0.138 e. The highest BCUT2D eigenvalue weighted by atomic mass is 32.2. The molecule has 3 nitrogen and oxygen atoms in total. The minimum atomic E-state index is 0.840. The zero-order chi connectivity index (χ0) is 8.10.